The third kappa shape index (κ3) is 2.32. The molecular formula is C11H14BrFN2. The molecule has 4 heteroatoms. The Balaban J connectivity index is 2.23. The van der Waals surface area contributed by atoms with Gasteiger partial charge in [-0.05, 0) is 31.2 Å². The quantitative estimate of drug-likeness (QED) is 0.890. The van der Waals surface area contributed by atoms with Crippen molar-refractivity contribution >= 4 is 21.6 Å². The molecule has 15 heavy (non-hydrogen) atoms. The molecule has 1 aromatic carbocycles. The first-order valence-electron chi connectivity index (χ1n) is 5.07. The molecule has 1 atom stereocenters. The molecule has 1 aromatic rings. The highest BCUT2D eigenvalue weighted by atomic mass is 79.9. The molecule has 0 saturated carbocycles. The van der Waals surface area contributed by atoms with Crippen LogP contribution in [-0.2, 0) is 0 Å². The van der Waals surface area contributed by atoms with E-state index >= 15 is 0 Å². The van der Waals surface area contributed by atoms with E-state index in [2.05, 4.69) is 21.2 Å². The maximum atomic E-state index is 13.6. The normalized spacial score (nSPS) is 20.6. The Morgan fingerprint density at radius 2 is 2.33 bits per heavy atom. The summed E-state index contributed by atoms with van der Waals surface area (Å²) in [6.07, 6.45) is 1.07. The molecule has 0 aliphatic carbocycles. The van der Waals surface area contributed by atoms with Gasteiger partial charge in [-0.15, -0.1) is 0 Å². The van der Waals surface area contributed by atoms with Crippen molar-refractivity contribution in [2.24, 2.45) is 0 Å². The van der Waals surface area contributed by atoms with Gasteiger partial charge in [-0.3, -0.25) is 0 Å². The van der Waals surface area contributed by atoms with E-state index in [1.54, 1.807) is 6.07 Å². The maximum absolute atomic E-state index is 13.6. The third-order valence-corrected chi connectivity index (χ3v) is 3.36. The van der Waals surface area contributed by atoms with Crippen molar-refractivity contribution in [3.05, 3.63) is 28.5 Å². The molecule has 1 unspecified atom stereocenters. The average molecular weight is 273 g/mol. The van der Waals surface area contributed by atoms with Crippen LogP contribution in [0.2, 0.25) is 0 Å². The van der Waals surface area contributed by atoms with Crippen molar-refractivity contribution in [2.75, 3.05) is 25.0 Å². The van der Waals surface area contributed by atoms with Crippen LogP contribution < -0.4 is 10.2 Å². The van der Waals surface area contributed by atoms with Crippen molar-refractivity contribution < 1.29 is 4.39 Å². The molecule has 0 bridgehead atoms. The number of nitrogens with one attached hydrogen (secondary N) is 1. The van der Waals surface area contributed by atoms with Crippen LogP contribution >= 0.6 is 15.9 Å². The third-order valence-electron chi connectivity index (χ3n) is 2.87. The summed E-state index contributed by atoms with van der Waals surface area (Å²) >= 11 is 3.36. The zero-order valence-corrected chi connectivity index (χ0v) is 10.2. The van der Waals surface area contributed by atoms with Gasteiger partial charge in [-0.2, -0.15) is 0 Å². The largest absolute Gasteiger partial charge is 0.368 e. The molecule has 1 fully saturated rings. The van der Waals surface area contributed by atoms with Crippen LogP contribution in [0.25, 0.3) is 0 Å². The summed E-state index contributed by atoms with van der Waals surface area (Å²) in [6.45, 7) is 1.95. The molecule has 0 aromatic heterocycles. The zero-order chi connectivity index (χ0) is 10.8. The first-order chi connectivity index (χ1) is 7.18. The van der Waals surface area contributed by atoms with Gasteiger partial charge in [-0.1, -0.05) is 15.9 Å². The fourth-order valence-electron chi connectivity index (χ4n) is 1.92. The first kappa shape index (κ1) is 10.9. The molecule has 2 rings (SSSR count). The lowest BCUT2D eigenvalue weighted by Crippen LogP contribution is -2.33. The second-order valence-electron chi connectivity index (χ2n) is 3.85. The molecule has 1 N–H and O–H groups in total. The fourth-order valence-corrected chi connectivity index (χ4v) is 2.27. The van der Waals surface area contributed by atoms with E-state index in [0.29, 0.717) is 11.7 Å². The summed E-state index contributed by atoms with van der Waals surface area (Å²) < 4.78 is 14.5. The van der Waals surface area contributed by atoms with E-state index in [1.165, 1.54) is 6.07 Å². The van der Waals surface area contributed by atoms with Crippen molar-refractivity contribution in [2.45, 2.75) is 12.5 Å². The van der Waals surface area contributed by atoms with Crippen molar-refractivity contribution in [1.82, 2.24) is 5.32 Å². The van der Waals surface area contributed by atoms with Crippen LogP contribution in [0, 0.1) is 5.82 Å². The van der Waals surface area contributed by atoms with Gasteiger partial charge >= 0.3 is 0 Å². The van der Waals surface area contributed by atoms with Gasteiger partial charge < -0.3 is 10.2 Å². The Bertz CT molecular complexity index is 350. The highest BCUT2D eigenvalue weighted by Crippen LogP contribution is 2.25. The van der Waals surface area contributed by atoms with Gasteiger partial charge in [0.25, 0.3) is 0 Å². The van der Waals surface area contributed by atoms with Gasteiger partial charge in [0.2, 0.25) is 0 Å². The monoisotopic (exact) mass is 272 g/mol. The van der Waals surface area contributed by atoms with E-state index in [4.69, 9.17) is 0 Å². The zero-order valence-electron chi connectivity index (χ0n) is 8.63. The van der Waals surface area contributed by atoms with Crippen LogP contribution in [-0.4, -0.2) is 26.2 Å². The maximum Gasteiger partial charge on any atom is 0.146 e. The first-order valence-corrected chi connectivity index (χ1v) is 5.86. The molecule has 0 spiro atoms. The van der Waals surface area contributed by atoms with Crippen LogP contribution in [0.4, 0.5) is 10.1 Å². The average Bonchev–Trinajstić information content (AvgIpc) is 2.74. The summed E-state index contributed by atoms with van der Waals surface area (Å²) in [5, 5.41) is 3.28. The van der Waals surface area contributed by atoms with Gasteiger partial charge in [0.1, 0.15) is 5.82 Å². The highest BCUT2D eigenvalue weighted by molar-refractivity contribution is 9.10. The Morgan fingerprint density at radius 3 is 3.00 bits per heavy atom. The summed E-state index contributed by atoms with van der Waals surface area (Å²) in [5.41, 5.74) is 0.665. The summed E-state index contributed by atoms with van der Waals surface area (Å²) in [5.74, 6) is -0.160. The van der Waals surface area contributed by atoms with Crippen LogP contribution in [0.15, 0.2) is 22.7 Å². The van der Waals surface area contributed by atoms with E-state index in [1.807, 2.05) is 18.0 Å². The number of halogens is 2. The van der Waals surface area contributed by atoms with E-state index in [9.17, 15) is 4.39 Å². The van der Waals surface area contributed by atoms with Crippen LogP contribution in [0.1, 0.15) is 6.42 Å². The predicted octanol–water partition coefficient (Wildman–Crippen LogP) is 2.39. The number of benzene rings is 1. The van der Waals surface area contributed by atoms with Crippen molar-refractivity contribution in [3.63, 3.8) is 0 Å². The van der Waals surface area contributed by atoms with Crippen LogP contribution in [0.3, 0.4) is 0 Å². The number of nitrogens with zero attached hydrogens (tertiary/aromatic N) is 1. The van der Waals surface area contributed by atoms with Gasteiger partial charge in [-0.25, -0.2) is 4.39 Å². The second kappa shape index (κ2) is 4.49. The Hall–Kier alpha value is -0.610. The Labute approximate surface area is 97.6 Å². The molecule has 1 aliphatic rings. The summed E-state index contributed by atoms with van der Waals surface area (Å²) in [6, 6.07) is 5.44. The van der Waals surface area contributed by atoms with Crippen LogP contribution in [0.5, 0.6) is 0 Å². The minimum absolute atomic E-state index is 0.160. The summed E-state index contributed by atoms with van der Waals surface area (Å²) in [4.78, 5) is 2.01. The predicted molar refractivity (Wildman–Crippen MR) is 63.8 cm³/mol. The lowest BCUT2D eigenvalue weighted by Gasteiger charge is -2.26. The lowest BCUT2D eigenvalue weighted by atomic mass is 10.2. The number of anilines is 1. The number of hydrogen-bond donors (Lipinski definition) is 1. The smallest absolute Gasteiger partial charge is 0.146 e. The molecule has 82 valence electrons. The second-order valence-corrected chi connectivity index (χ2v) is 4.77. The van der Waals surface area contributed by atoms with E-state index < -0.39 is 0 Å². The van der Waals surface area contributed by atoms with Gasteiger partial charge in [0.15, 0.2) is 0 Å². The minimum Gasteiger partial charge on any atom is -0.368 e. The number of hydrogen-bond acceptors (Lipinski definition) is 2. The molecule has 1 aliphatic heterocycles. The van der Waals surface area contributed by atoms with E-state index in [-0.39, 0.29) is 5.82 Å². The minimum atomic E-state index is -0.160. The van der Waals surface area contributed by atoms with Crippen molar-refractivity contribution in [1.29, 1.82) is 0 Å². The lowest BCUT2D eigenvalue weighted by molar-refractivity contribution is 0.604. The molecule has 1 heterocycles. The molecular weight excluding hydrogens is 259 g/mol. The molecule has 2 nitrogen and oxygen atoms in total. The summed E-state index contributed by atoms with van der Waals surface area (Å²) in [7, 11) is 1.95. The number of rotatable bonds is 2. The molecule has 1 saturated heterocycles. The Kier molecular flexibility index (Phi) is 3.26. The topological polar surface area (TPSA) is 15.3 Å². The highest BCUT2D eigenvalue weighted by Gasteiger charge is 2.21. The SMILES string of the molecule is CN(c1cc(Br)ccc1F)C1CCNC1. The van der Waals surface area contributed by atoms with Gasteiger partial charge in [0, 0.05) is 24.1 Å². The standard InChI is InChI=1S/C11H14BrFN2/c1-15(9-4-5-14-7-9)11-6-8(12)2-3-10(11)13/h2-3,6,9,14H,4-5,7H2,1H3. The molecule has 0 radical (unpaired) electrons. The number of likely N-dealkylation sites (N-methyl/N-ethyl adjacent to an activating group) is 1. The van der Waals surface area contributed by atoms with Gasteiger partial charge in [0.05, 0.1) is 5.69 Å². The fraction of sp³-hybridized carbons (Fsp3) is 0.455. The Morgan fingerprint density at radius 1 is 1.53 bits per heavy atom. The molecule has 0 amide bonds. The van der Waals surface area contributed by atoms with E-state index in [0.717, 1.165) is 24.0 Å². The van der Waals surface area contributed by atoms with Crippen molar-refractivity contribution in [3.8, 4) is 0 Å².